The van der Waals surface area contributed by atoms with Crippen molar-refractivity contribution in [1.82, 2.24) is 14.8 Å². The summed E-state index contributed by atoms with van der Waals surface area (Å²) in [5.41, 5.74) is 1.35. The zero-order chi connectivity index (χ0) is 13.7. The van der Waals surface area contributed by atoms with Gasteiger partial charge in [0.2, 0.25) is 0 Å². The van der Waals surface area contributed by atoms with Crippen LogP contribution in [0.2, 0.25) is 0 Å². The maximum absolute atomic E-state index is 11.9. The molecule has 2 heterocycles. The van der Waals surface area contributed by atoms with Crippen molar-refractivity contribution >= 4 is 21.6 Å². The number of aliphatic hydroxyl groups excluding tert-OH is 1. The van der Waals surface area contributed by atoms with E-state index in [1.54, 1.807) is 18.6 Å². The molecule has 0 bridgehead atoms. The molecule has 0 unspecified atom stereocenters. The quantitative estimate of drug-likeness (QED) is 0.857. The van der Waals surface area contributed by atoms with Crippen LogP contribution >= 0.6 is 15.9 Å². The molecule has 0 saturated heterocycles. The summed E-state index contributed by atoms with van der Waals surface area (Å²) in [6.07, 6.45) is 5.01. The first-order chi connectivity index (χ1) is 9.22. The minimum absolute atomic E-state index is 0.123. The van der Waals surface area contributed by atoms with E-state index in [9.17, 15) is 4.79 Å². The smallest absolute Gasteiger partial charge is 0.283 e. The SMILES string of the molecule is O=c1c(Br)c(NCc2cccnc2)cnn1CCO. The van der Waals surface area contributed by atoms with Crippen molar-refractivity contribution in [3.8, 4) is 0 Å². The number of hydrogen-bond acceptors (Lipinski definition) is 5. The van der Waals surface area contributed by atoms with Gasteiger partial charge in [-0.1, -0.05) is 6.07 Å². The van der Waals surface area contributed by atoms with E-state index in [2.05, 4.69) is 31.3 Å². The van der Waals surface area contributed by atoms with Crippen molar-refractivity contribution < 1.29 is 5.11 Å². The first-order valence-corrected chi connectivity index (χ1v) is 6.51. The summed E-state index contributed by atoms with van der Waals surface area (Å²) in [4.78, 5) is 15.9. The van der Waals surface area contributed by atoms with Gasteiger partial charge >= 0.3 is 0 Å². The van der Waals surface area contributed by atoms with Gasteiger partial charge in [-0.15, -0.1) is 0 Å². The number of nitrogens with zero attached hydrogens (tertiary/aromatic N) is 3. The van der Waals surface area contributed by atoms with E-state index in [0.717, 1.165) is 5.56 Å². The molecule has 0 radical (unpaired) electrons. The largest absolute Gasteiger partial charge is 0.394 e. The molecule has 6 nitrogen and oxygen atoms in total. The van der Waals surface area contributed by atoms with E-state index in [0.29, 0.717) is 16.7 Å². The predicted molar refractivity (Wildman–Crippen MR) is 74.8 cm³/mol. The molecular formula is C12H13BrN4O2. The van der Waals surface area contributed by atoms with Crippen LogP contribution in [0, 0.1) is 0 Å². The van der Waals surface area contributed by atoms with Gasteiger partial charge in [-0.05, 0) is 27.6 Å². The molecule has 2 N–H and O–H groups in total. The Kier molecular flexibility index (Phi) is 4.64. The van der Waals surface area contributed by atoms with E-state index in [1.165, 1.54) is 4.68 Å². The topological polar surface area (TPSA) is 80.0 Å². The van der Waals surface area contributed by atoms with Crippen molar-refractivity contribution in [2.45, 2.75) is 13.1 Å². The summed E-state index contributed by atoms with van der Waals surface area (Å²) >= 11 is 3.24. The van der Waals surface area contributed by atoms with E-state index in [-0.39, 0.29) is 18.7 Å². The summed E-state index contributed by atoms with van der Waals surface area (Å²) in [5.74, 6) is 0. The van der Waals surface area contributed by atoms with Crippen LogP contribution in [0.1, 0.15) is 5.56 Å². The van der Waals surface area contributed by atoms with E-state index < -0.39 is 0 Å². The highest BCUT2D eigenvalue weighted by Crippen LogP contribution is 2.16. The molecular weight excluding hydrogens is 312 g/mol. The highest BCUT2D eigenvalue weighted by Gasteiger charge is 2.08. The second-order valence-electron chi connectivity index (χ2n) is 3.84. The molecule has 0 aliphatic carbocycles. The minimum Gasteiger partial charge on any atom is -0.394 e. The number of anilines is 1. The Morgan fingerprint density at radius 1 is 1.42 bits per heavy atom. The molecule has 0 aliphatic rings. The molecule has 0 atom stereocenters. The van der Waals surface area contributed by atoms with Gasteiger partial charge in [0.05, 0.1) is 25.0 Å². The fourth-order valence-corrected chi connectivity index (χ4v) is 1.99. The van der Waals surface area contributed by atoms with E-state index in [4.69, 9.17) is 5.11 Å². The molecule has 7 heteroatoms. The van der Waals surface area contributed by atoms with Gasteiger partial charge in [-0.3, -0.25) is 9.78 Å². The second kappa shape index (κ2) is 6.44. The lowest BCUT2D eigenvalue weighted by atomic mass is 10.3. The summed E-state index contributed by atoms with van der Waals surface area (Å²) in [5, 5.41) is 15.9. The van der Waals surface area contributed by atoms with Gasteiger partial charge in [0.15, 0.2) is 0 Å². The maximum Gasteiger partial charge on any atom is 0.283 e. The summed E-state index contributed by atoms with van der Waals surface area (Å²) in [6.45, 7) is 0.611. The zero-order valence-electron chi connectivity index (χ0n) is 10.1. The van der Waals surface area contributed by atoms with Gasteiger partial charge in [-0.25, -0.2) is 4.68 Å². The van der Waals surface area contributed by atoms with Gasteiger partial charge in [-0.2, -0.15) is 5.10 Å². The standard InChI is InChI=1S/C12H13BrN4O2/c13-11-10(8-16-17(4-5-18)12(11)19)15-7-9-2-1-3-14-6-9/h1-3,6,8,15,18H,4-5,7H2. The first-order valence-electron chi connectivity index (χ1n) is 5.71. The zero-order valence-corrected chi connectivity index (χ0v) is 11.7. The highest BCUT2D eigenvalue weighted by atomic mass is 79.9. The van der Waals surface area contributed by atoms with Gasteiger partial charge in [0, 0.05) is 18.9 Å². The van der Waals surface area contributed by atoms with Crippen LogP contribution in [0.5, 0.6) is 0 Å². The lowest BCUT2D eigenvalue weighted by Crippen LogP contribution is -2.25. The van der Waals surface area contributed by atoms with Crippen LogP contribution < -0.4 is 10.9 Å². The molecule has 0 aliphatic heterocycles. The van der Waals surface area contributed by atoms with Crippen molar-refractivity contribution in [1.29, 1.82) is 0 Å². The van der Waals surface area contributed by atoms with Crippen LogP contribution in [0.15, 0.2) is 40.0 Å². The van der Waals surface area contributed by atoms with Gasteiger partial charge in [0.25, 0.3) is 5.56 Å². The number of pyridine rings is 1. The molecule has 2 rings (SSSR count). The fourth-order valence-electron chi connectivity index (χ4n) is 1.54. The number of aliphatic hydroxyl groups is 1. The van der Waals surface area contributed by atoms with Crippen LogP contribution in [0.4, 0.5) is 5.69 Å². The predicted octanol–water partition coefficient (Wildman–Crippen LogP) is 1.01. The Balaban J connectivity index is 2.13. The van der Waals surface area contributed by atoms with Gasteiger partial charge in [0.1, 0.15) is 4.47 Å². The molecule has 19 heavy (non-hydrogen) atoms. The van der Waals surface area contributed by atoms with Gasteiger partial charge < -0.3 is 10.4 Å². The van der Waals surface area contributed by atoms with Crippen molar-refractivity contribution in [3.63, 3.8) is 0 Å². The molecule has 0 saturated carbocycles. The highest BCUT2D eigenvalue weighted by molar-refractivity contribution is 9.10. The third-order valence-corrected chi connectivity index (χ3v) is 3.27. The number of aromatic nitrogens is 3. The number of hydrogen-bond donors (Lipinski definition) is 2. The fraction of sp³-hybridized carbons (Fsp3) is 0.250. The summed E-state index contributed by atoms with van der Waals surface area (Å²) in [6, 6.07) is 3.79. The Morgan fingerprint density at radius 3 is 2.95 bits per heavy atom. The Labute approximate surface area is 118 Å². The monoisotopic (exact) mass is 324 g/mol. The first kappa shape index (κ1) is 13.7. The Bertz CT molecular complexity index is 600. The minimum atomic E-state index is -0.273. The normalized spacial score (nSPS) is 10.4. The third-order valence-electron chi connectivity index (χ3n) is 2.50. The van der Waals surface area contributed by atoms with E-state index in [1.807, 2.05) is 12.1 Å². The molecule has 0 spiro atoms. The Morgan fingerprint density at radius 2 is 2.26 bits per heavy atom. The number of rotatable bonds is 5. The number of halogens is 1. The van der Waals surface area contributed by atoms with Crippen molar-refractivity contribution in [2.75, 3.05) is 11.9 Å². The average Bonchev–Trinajstić information content (AvgIpc) is 2.44. The molecule has 2 aromatic heterocycles. The maximum atomic E-state index is 11.9. The second-order valence-corrected chi connectivity index (χ2v) is 4.63. The van der Waals surface area contributed by atoms with Crippen molar-refractivity contribution in [2.24, 2.45) is 0 Å². The van der Waals surface area contributed by atoms with Crippen LogP contribution in [-0.4, -0.2) is 26.5 Å². The van der Waals surface area contributed by atoms with Crippen LogP contribution in [0.3, 0.4) is 0 Å². The average molecular weight is 325 g/mol. The molecule has 0 fully saturated rings. The molecule has 2 aromatic rings. The molecule has 0 aromatic carbocycles. The lowest BCUT2D eigenvalue weighted by Gasteiger charge is -2.09. The Hall–Kier alpha value is -1.73. The third kappa shape index (κ3) is 3.39. The van der Waals surface area contributed by atoms with Crippen LogP contribution in [0.25, 0.3) is 0 Å². The molecule has 100 valence electrons. The summed E-state index contributed by atoms with van der Waals surface area (Å²) < 4.78 is 1.61. The van der Waals surface area contributed by atoms with E-state index >= 15 is 0 Å². The number of nitrogens with one attached hydrogen (secondary N) is 1. The summed E-state index contributed by atoms with van der Waals surface area (Å²) in [7, 11) is 0. The van der Waals surface area contributed by atoms with Crippen LogP contribution in [-0.2, 0) is 13.1 Å². The molecule has 0 amide bonds. The van der Waals surface area contributed by atoms with Crippen molar-refractivity contribution in [3.05, 3.63) is 51.1 Å². The lowest BCUT2D eigenvalue weighted by molar-refractivity contribution is 0.266.